The maximum Gasteiger partial charge on any atom is 0.315 e. The normalized spacial score (nSPS) is 22.0. The van der Waals surface area contributed by atoms with Gasteiger partial charge >= 0.3 is 5.97 Å². The van der Waals surface area contributed by atoms with Crippen molar-refractivity contribution in [3.8, 4) is 0 Å². The van der Waals surface area contributed by atoms with Crippen LogP contribution in [0.2, 0.25) is 0 Å². The Morgan fingerprint density at radius 2 is 1.90 bits per heavy atom. The molecule has 1 N–H and O–H groups in total. The zero-order valence-corrected chi connectivity index (χ0v) is 12.7. The third-order valence-electron chi connectivity index (χ3n) is 4.51. The van der Waals surface area contributed by atoms with Crippen molar-refractivity contribution in [2.24, 2.45) is 11.3 Å². The molecule has 2 rings (SSSR count). The van der Waals surface area contributed by atoms with Gasteiger partial charge in [0.2, 0.25) is 0 Å². The number of hydrogen-bond acceptors (Lipinski definition) is 3. The molecule has 1 fully saturated rings. The maximum atomic E-state index is 11.9. The number of carboxylic acids is 1. The lowest BCUT2D eigenvalue weighted by Gasteiger charge is -2.41. The maximum absolute atomic E-state index is 11.9. The smallest absolute Gasteiger partial charge is 0.315 e. The van der Waals surface area contributed by atoms with Gasteiger partial charge in [-0.25, -0.2) is 0 Å². The van der Waals surface area contributed by atoms with Crippen LogP contribution in [-0.2, 0) is 14.3 Å². The largest absolute Gasteiger partial charge is 0.481 e. The van der Waals surface area contributed by atoms with E-state index in [2.05, 4.69) is 0 Å². The Morgan fingerprint density at radius 3 is 2.43 bits per heavy atom. The summed E-state index contributed by atoms with van der Waals surface area (Å²) in [6, 6.07) is 9.80. The van der Waals surface area contributed by atoms with Gasteiger partial charge in [-0.3, -0.25) is 4.79 Å². The number of carboxylic acid groups (broad SMARTS) is 1. The number of allylic oxidation sites excluding steroid dienone is 1. The molecule has 0 saturated carbocycles. The second-order valence-corrected chi connectivity index (χ2v) is 5.71. The number of hydrogen-bond donors (Lipinski definition) is 1. The molecular formula is C17H22O4. The highest BCUT2D eigenvalue weighted by atomic mass is 16.7. The topological polar surface area (TPSA) is 55.8 Å². The van der Waals surface area contributed by atoms with Gasteiger partial charge in [0.15, 0.2) is 5.79 Å². The van der Waals surface area contributed by atoms with Gasteiger partial charge in [0.25, 0.3) is 0 Å². The van der Waals surface area contributed by atoms with Crippen LogP contribution in [-0.4, -0.2) is 30.1 Å². The van der Waals surface area contributed by atoms with Crippen molar-refractivity contribution in [3.63, 3.8) is 0 Å². The van der Waals surface area contributed by atoms with Crippen LogP contribution in [0.5, 0.6) is 0 Å². The van der Waals surface area contributed by atoms with E-state index in [1.807, 2.05) is 49.4 Å². The van der Waals surface area contributed by atoms with Crippen molar-refractivity contribution in [2.45, 2.75) is 26.6 Å². The summed E-state index contributed by atoms with van der Waals surface area (Å²) in [5.41, 5.74) is -0.120. The van der Waals surface area contributed by atoms with Crippen molar-refractivity contribution in [1.82, 2.24) is 0 Å². The molecule has 0 aliphatic carbocycles. The van der Waals surface area contributed by atoms with Crippen molar-refractivity contribution >= 4 is 12.0 Å². The molecule has 1 aliphatic rings. The highest BCUT2D eigenvalue weighted by Gasteiger charge is 2.57. The predicted molar refractivity (Wildman–Crippen MR) is 80.7 cm³/mol. The molecule has 0 spiro atoms. The minimum Gasteiger partial charge on any atom is -0.481 e. The number of ether oxygens (including phenoxy) is 2. The first kappa shape index (κ1) is 15.7. The molecule has 4 nitrogen and oxygen atoms in total. The fraction of sp³-hybridized carbons (Fsp3) is 0.471. The van der Waals surface area contributed by atoms with E-state index in [9.17, 15) is 9.90 Å². The quantitative estimate of drug-likeness (QED) is 0.905. The lowest BCUT2D eigenvalue weighted by Crippen LogP contribution is -2.53. The summed E-state index contributed by atoms with van der Waals surface area (Å²) < 4.78 is 11.2. The zero-order valence-electron chi connectivity index (χ0n) is 12.7. The summed E-state index contributed by atoms with van der Waals surface area (Å²) in [6.07, 6.45) is 3.84. The molecule has 0 unspecified atom stereocenters. The highest BCUT2D eigenvalue weighted by molar-refractivity contribution is 5.76. The van der Waals surface area contributed by atoms with Gasteiger partial charge in [0.05, 0.1) is 13.2 Å². The standard InChI is InChI=1S/C17H22O4/c1-13(9-10-14-7-5-4-6-8-14)16(2,15(18)19)17(3)20-11-12-21-17/h4-10,13H,11-12H2,1-3H3,(H,18,19)/b10-9+/t13-,16-/m1/s1. The van der Waals surface area contributed by atoms with Crippen molar-refractivity contribution in [1.29, 1.82) is 0 Å². The molecular weight excluding hydrogens is 268 g/mol. The number of rotatable bonds is 5. The van der Waals surface area contributed by atoms with Crippen LogP contribution in [0.3, 0.4) is 0 Å². The summed E-state index contributed by atoms with van der Waals surface area (Å²) >= 11 is 0. The number of aliphatic carboxylic acids is 1. The molecule has 1 saturated heterocycles. The van der Waals surface area contributed by atoms with Crippen LogP contribution in [0.1, 0.15) is 26.3 Å². The summed E-state index contributed by atoms with van der Waals surface area (Å²) in [5.74, 6) is -2.28. The van der Waals surface area contributed by atoms with Crippen molar-refractivity contribution in [3.05, 3.63) is 42.0 Å². The first-order valence-electron chi connectivity index (χ1n) is 7.15. The van der Waals surface area contributed by atoms with Crippen molar-refractivity contribution in [2.75, 3.05) is 13.2 Å². The fourth-order valence-electron chi connectivity index (χ4n) is 2.63. The van der Waals surface area contributed by atoms with Crippen LogP contribution in [0.4, 0.5) is 0 Å². The van der Waals surface area contributed by atoms with Gasteiger partial charge in [-0.1, -0.05) is 49.4 Å². The van der Waals surface area contributed by atoms with E-state index in [1.54, 1.807) is 13.8 Å². The molecule has 0 radical (unpaired) electrons. The third-order valence-corrected chi connectivity index (χ3v) is 4.51. The Hall–Kier alpha value is -1.65. The molecule has 4 heteroatoms. The van der Waals surface area contributed by atoms with Crippen LogP contribution in [0.15, 0.2) is 36.4 Å². The third kappa shape index (κ3) is 2.87. The summed E-state index contributed by atoms with van der Waals surface area (Å²) in [6.45, 7) is 6.12. The Bertz CT molecular complexity index is 517. The van der Waals surface area contributed by atoms with Gasteiger partial charge in [0.1, 0.15) is 5.41 Å². The van der Waals surface area contributed by atoms with E-state index < -0.39 is 17.2 Å². The van der Waals surface area contributed by atoms with Gasteiger partial charge in [-0.05, 0) is 25.3 Å². The number of carbonyl (C=O) groups is 1. The number of benzene rings is 1. The van der Waals surface area contributed by atoms with E-state index in [0.717, 1.165) is 5.56 Å². The molecule has 114 valence electrons. The Kier molecular flexibility index (Phi) is 4.49. The molecule has 1 heterocycles. The van der Waals surface area contributed by atoms with Gasteiger partial charge in [-0.2, -0.15) is 0 Å². The lowest BCUT2D eigenvalue weighted by atomic mass is 9.71. The summed E-state index contributed by atoms with van der Waals surface area (Å²) in [4.78, 5) is 11.9. The molecule has 1 aromatic rings. The van der Waals surface area contributed by atoms with Crippen molar-refractivity contribution < 1.29 is 19.4 Å². The molecule has 0 amide bonds. The average Bonchev–Trinajstić information content (AvgIpc) is 2.93. The minimum atomic E-state index is -1.16. The fourth-order valence-corrected chi connectivity index (χ4v) is 2.63. The van der Waals surface area contributed by atoms with E-state index in [-0.39, 0.29) is 5.92 Å². The molecule has 1 aliphatic heterocycles. The second-order valence-electron chi connectivity index (χ2n) is 5.71. The average molecular weight is 290 g/mol. The van der Waals surface area contributed by atoms with Gasteiger partial charge in [0, 0.05) is 0 Å². The van der Waals surface area contributed by atoms with E-state index in [4.69, 9.17) is 9.47 Å². The monoisotopic (exact) mass is 290 g/mol. The second kappa shape index (κ2) is 6.00. The van der Waals surface area contributed by atoms with E-state index >= 15 is 0 Å². The molecule has 21 heavy (non-hydrogen) atoms. The summed E-state index contributed by atoms with van der Waals surface area (Å²) in [5, 5.41) is 9.73. The Balaban J connectivity index is 2.26. The van der Waals surface area contributed by atoms with Gasteiger partial charge in [-0.15, -0.1) is 0 Å². The Labute approximate surface area is 125 Å². The van der Waals surface area contributed by atoms with Crippen LogP contribution in [0.25, 0.3) is 6.08 Å². The lowest BCUT2D eigenvalue weighted by molar-refractivity contribution is -0.236. The molecule has 2 atom stereocenters. The summed E-state index contributed by atoms with van der Waals surface area (Å²) in [7, 11) is 0. The predicted octanol–water partition coefficient (Wildman–Crippen LogP) is 3.19. The van der Waals surface area contributed by atoms with Gasteiger partial charge < -0.3 is 14.6 Å². The first-order valence-corrected chi connectivity index (χ1v) is 7.15. The molecule has 0 bridgehead atoms. The molecule has 0 aromatic heterocycles. The van der Waals surface area contributed by atoms with E-state index in [0.29, 0.717) is 13.2 Å². The molecule has 1 aromatic carbocycles. The highest BCUT2D eigenvalue weighted by Crippen LogP contribution is 2.45. The van der Waals surface area contributed by atoms with E-state index in [1.165, 1.54) is 0 Å². The SMILES string of the molecule is C[C@H](/C=C/c1ccccc1)[C@](C)(C(=O)O)C1(C)OCCO1. The van der Waals surface area contributed by atoms with Crippen LogP contribution in [0, 0.1) is 11.3 Å². The van der Waals surface area contributed by atoms with Crippen LogP contribution >= 0.6 is 0 Å². The van der Waals surface area contributed by atoms with Crippen LogP contribution < -0.4 is 0 Å². The Morgan fingerprint density at radius 1 is 1.33 bits per heavy atom. The first-order chi connectivity index (χ1) is 9.90. The minimum absolute atomic E-state index is 0.252. The zero-order chi connectivity index (χ0) is 15.5.